The zero-order valence-corrected chi connectivity index (χ0v) is 14.1. The quantitative estimate of drug-likeness (QED) is 0.865. The van der Waals surface area contributed by atoms with Crippen molar-refractivity contribution in [2.75, 3.05) is 13.2 Å². The van der Waals surface area contributed by atoms with Crippen LogP contribution in [-0.2, 0) is 9.53 Å². The smallest absolute Gasteiger partial charge is 0.305 e. The molecule has 1 aliphatic heterocycles. The van der Waals surface area contributed by atoms with Gasteiger partial charge in [-0.2, -0.15) is 5.10 Å². The number of benzene rings is 1. The van der Waals surface area contributed by atoms with Crippen molar-refractivity contribution in [3.8, 4) is 5.69 Å². The third-order valence-electron chi connectivity index (χ3n) is 4.40. The van der Waals surface area contributed by atoms with Crippen LogP contribution in [0.5, 0.6) is 0 Å². The second-order valence-electron chi connectivity index (χ2n) is 6.41. The van der Waals surface area contributed by atoms with Crippen LogP contribution in [0.1, 0.15) is 35.2 Å². The number of hydrogen-bond donors (Lipinski definition) is 2. The Morgan fingerprint density at radius 2 is 2.28 bits per heavy atom. The number of nitrogens with zero attached hydrogens (tertiary/aromatic N) is 2. The third-order valence-corrected chi connectivity index (χ3v) is 4.40. The molecule has 0 aliphatic carbocycles. The van der Waals surface area contributed by atoms with Crippen molar-refractivity contribution in [1.82, 2.24) is 15.1 Å². The van der Waals surface area contributed by atoms with Crippen LogP contribution in [-0.4, -0.2) is 45.5 Å². The molecule has 0 spiro atoms. The highest BCUT2D eigenvalue weighted by molar-refractivity contribution is 5.95. The third kappa shape index (κ3) is 3.88. The van der Waals surface area contributed by atoms with E-state index in [1.165, 1.54) is 0 Å². The molecular formula is C18H21N3O4. The van der Waals surface area contributed by atoms with Gasteiger partial charge in [-0.25, -0.2) is 4.68 Å². The monoisotopic (exact) mass is 343 g/mol. The molecule has 1 atom stereocenters. The number of aryl methyl sites for hydroxylation is 1. The number of rotatable bonds is 5. The highest BCUT2D eigenvalue weighted by atomic mass is 16.5. The number of amides is 1. The summed E-state index contributed by atoms with van der Waals surface area (Å²) in [6.45, 7) is 2.72. The first-order chi connectivity index (χ1) is 12.0. The summed E-state index contributed by atoms with van der Waals surface area (Å²) in [7, 11) is 0. The highest BCUT2D eigenvalue weighted by Crippen LogP contribution is 2.24. The maximum atomic E-state index is 12.7. The molecule has 7 heteroatoms. The number of carbonyl (C=O) groups is 2. The summed E-state index contributed by atoms with van der Waals surface area (Å²) in [6.07, 6.45) is 4.70. The molecule has 2 aromatic rings. The fourth-order valence-corrected chi connectivity index (χ4v) is 3.20. The summed E-state index contributed by atoms with van der Waals surface area (Å²) < 4.78 is 7.16. The first-order valence-electron chi connectivity index (χ1n) is 8.22. The van der Waals surface area contributed by atoms with Gasteiger partial charge in [0.2, 0.25) is 0 Å². The van der Waals surface area contributed by atoms with E-state index in [1.54, 1.807) is 23.0 Å². The topological polar surface area (TPSA) is 93.5 Å². The van der Waals surface area contributed by atoms with Crippen LogP contribution in [0.3, 0.4) is 0 Å². The lowest BCUT2D eigenvalue weighted by atomic mass is 9.88. The minimum absolute atomic E-state index is 0.150. The number of aliphatic carboxylic acids is 1. The predicted octanol–water partition coefficient (Wildman–Crippen LogP) is 1.93. The van der Waals surface area contributed by atoms with E-state index in [4.69, 9.17) is 4.74 Å². The van der Waals surface area contributed by atoms with Gasteiger partial charge in [0.15, 0.2) is 0 Å². The van der Waals surface area contributed by atoms with Gasteiger partial charge in [-0.3, -0.25) is 9.59 Å². The molecule has 1 fully saturated rings. The summed E-state index contributed by atoms with van der Waals surface area (Å²) in [5, 5.41) is 16.3. The molecular weight excluding hydrogens is 322 g/mol. The second-order valence-corrected chi connectivity index (χ2v) is 6.41. The lowest BCUT2D eigenvalue weighted by Crippen LogP contribution is -2.55. The molecule has 2 N–H and O–H groups in total. The largest absolute Gasteiger partial charge is 0.481 e. The van der Waals surface area contributed by atoms with Crippen molar-refractivity contribution < 1.29 is 19.4 Å². The van der Waals surface area contributed by atoms with Crippen LogP contribution in [0, 0.1) is 6.92 Å². The molecule has 1 aliphatic rings. The molecule has 1 aromatic carbocycles. The van der Waals surface area contributed by atoms with Gasteiger partial charge < -0.3 is 15.2 Å². The van der Waals surface area contributed by atoms with Gasteiger partial charge in [0.1, 0.15) is 0 Å². The number of nitrogens with one attached hydrogen (secondary N) is 1. The number of carboxylic acid groups (broad SMARTS) is 1. The standard InChI is InChI=1S/C18H21N3O4/c1-13-10-14(4-5-15(13)21-8-3-7-19-21)17(24)20-18(11-16(22)23)6-2-9-25-12-18/h3-5,7-8,10H,2,6,9,11-12H2,1H3,(H,20,24)(H,22,23). The second kappa shape index (κ2) is 7.06. The normalized spacial score (nSPS) is 20.2. The summed E-state index contributed by atoms with van der Waals surface area (Å²) >= 11 is 0. The van der Waals surface area contributed by atoms with Crippen LogP contribution in [0.15, 0.2) is 36.7 Å². The molecule has 0 saturated carbocycles. The average molecular weight is 343 g/mol. The Bertz CT molecular complexity index is 765. The average Bonchev–Trinajstić information content (AvgIpc) is 3.08. The summed E-state index contributed by atoms with van der Waals surface area (Å²) in [5.41, 5.74) is 1.44. The van der Waals surface area contributed by atoms with Crippen molar-refractivity contribution in [1.29, 1.82) is 0 Å². The Balaban J connectivity index is 1.80. The van der Waals surface area contributed by atoms with Gasteiger partial charge in [0.25, 0.3) is 5.91 Å². The first-order valence-corrected chi connectivity index (χ1v) is 8.22. The first kappa shape index (κ1) is 17.2. The number of ether oxygens (including phenoxy) is 1. The van der Waals surface area contributed by atoms with Crippen molar-refractivity contribution in [3.05, 3.63) is 47.8 Å². The van der Waals surface area contributed by atoms with E-state index in [-0.39, 0.29) is 18.9 Å². The molecule has 0 bridgehead atoms. The molecule has 0 radical (unpaired) electrons. The Morgan fingerprint density at radius 3 is 2.88 bits per heavy atom. The highest BCUT2D eigenvalue weighted by Gasteiger charge is 2.37. The van der Waals surface area contributed by atoms with Gasteiger partial charge in [0, 0.05) is 24.6 Å². The predicted molar refractivity (Wildman–Crippen MR) is 90.8 cm³/mol. The van der Waals surface area contributed by atoms with Crippen LogP contribution < -0.4 is 5.32 Å². The fourth-order valence-electron chi connectivity index (χ4n) is 3.20. The van der Waals surface area contributed by atoms with Gasteiger partial charge in [-0.1, -0.05) is 0 Å². The summed E-state index contributed by atoms with van der Waals surface area (Å²) in [4.78, 5) is 23.9. The molecule has 2 heterocycles. The van der Waals surface area contributed by atoms with Gasteiger partial charge in [-0.15, -0.1) is 0 Å². The van der Waals surface area contributed by atoms with E-state index >= 15 is 0 Å². The number of hydrogen-bond acceptors (Lipinski definition) is 4. The molecule has 1 aromatic heterocycles. The molecule has 3 rings (SSSR count). The Hall–Kier alpha value is -2.67. The maximum Gasteiger partial charge on any atom is 0.305 e. The molecule has 7 nitrogen and oxygen atoms in total. The fraction of sp³-hybridized carbons (Fsp3) is 0.389. The molecule has 1 amide bonds. The van der Waals surface area contributed by atoms with Gasteiger partial charge in [0.05, 0.1) is 24.3 Å². The SMILES string of the molecule is Cc1cc(C(=O)NC2(CC(=O)O)CCCOC2)ccc1-n1cccn1. The van der Waals surface area contributed by atoms with E-state index in [1.807, 2.05) is 25.3 Å². The van der Waals surface area contributed by atoms with E-state index in [2.05, 4.69) is 10.4 Å². The molecule has 25 heavy (non-hydrogen) atoms. The zero-order chi connectivity index (χ0) is 17.9. The Morgan fingerprint density at radius 1 is 1.44 bits per heavy atom. The Kier molecular flexibility index (Phi) is 4.85. The molecule has 1 unspecified atom stereocenters. The van der Waals surface area contributed by atoms with E-state index < -0.39 is 11.5 Å². The van der Waals surface area contributed by atoms with E-state index in [0.717, 1.165) is 17.7 Å². The number of aromatic nitrogens is 2. The molecule has 132 valence electrons. The summed E-state index contributed by atoms with van der Waals surface area (Å²) in [5.74, 6) is -1.24. The minimum atomic E-state index is -0.948. The zero-order valence-electron chi connectivity index (χ0n) is 14.1. The van der Waals surface area contributed by atoms with Crippen molar-refractivity contribution >= 4 is 11.9 Å². The molecule has 1 saturated heterocycles. The van der Waals surface area contributed by atoms with Crippen LogP contribution in [0.2, 0.25) is 0 Å². The van der Waals surface area contributed by atoms with E-state index in [9.17, 15) is 14.7 Å². The van der Waals surface area contributed by atoms with Crippen LogP contribution in [0.25, 0.3) is 5.69 Å². The maximum absolute atomic E-state index is 12.7. The minimum Gasteiger partial charge on any atom is -0.481 e. The van der Waals surface area contributed by atoms with E-state index in [0.29, 0.717) is 18.6 Å². The Labute approximate surface area is 145 Å². The number of carboxylic acids is 1. The summed E-state index contributed by atoms with van der Waals surface area (Å²) in [6, 6.07) is 7.17. The van der Waals surface area contributed by atoms with Crippen molar-refractivity contribution in [3.63, 3.8) is 0 Å². The van der Waals surface area contributed by atoms with Crippen LogP contribution in [0.4, 0.5) is 0 Å². The van der Waals surface area contributed by atoms with Crippen LogP contribution >= 0.6 is 0 Å². The van der Waals surface area contributed by atoms with Gasteiger partial charge >= 0.3 is 5.97 Å². The number of carbonyl (C=O) groups excluding carboxylic acids is 1. The lowest BCUT2D eigenvalue weighted by Gasteiger charge is -2.36. The van der Waals surface area contributed by atoms with Gasteiger partial charge in [-0.05, 0) is 49.6 Å². The van der Waals surface area contributed by atoms with Crippen molar-refractivity contribution in [2.24, 2.45) is 0 Å². The van der Waals surface area contributed by atoms with Crippen molar-refractivity contribution in [2.45, 2.75) is 31.7 Å². The lowest BCUT2D eigenvalue weighted by molar-refractivity contribution is -0.140.